The topological polar surface area (TPSA) is 57.6 Å². The number of hydrogen-bond acceptors (Lipinski definition) is 3. The van der Waals surface area contributed by atoms with Crippen LogP contribution in [-0.2, 0) is 16.6 Å². The second-order valence-electron chi connectivity index (χ2n) is 4.66. The summed E-state index contributed by atoms with van der Waals surface area (Å²) in [5, 5.41) is 9.21. The van der Waals surface area contributed by atoms with Crippen LogP contribution in [0.3, 0.4) is 0 Å². The highest BCUT2D eigenvalue weighted by Crippen LogP contribution is 2.30. The Hall–Kier alpha value is -0.430. The van der Waals surface area contributed by atoms with Gasteiger partial charge in [-0.25, -0.2) is 8.42 Å². The van der Waals surface area contributed by atoms with Crippen molar-refractivity contribution in [2.45, 2.75) is 44.7 Å². The number of rotatable bonds is 5. The van der Waals surface area contributed by atoms with Crippen molar-refractivity contribution < 1.29 is 13.5 Å². The lowest BCUT2D eigenvalue weighted by molar-refractivity contribution is 0.281. The predicted octanol–water partition coefficient (Wildman–Crippen LogP) is 2.67. The van der Waals surface area contributed by atoms with E-state index in [9.17, 15) is 13.5 Å². The number of halogens is 1. The van der Waals surface area contributed by atoms with E-state index >= 15 is 0 Å². The number of aliphatic hydroxyl groups excluding tert-OH is 1. The lowest BCUT2D eigenvalue weighted by Crippen LogP contribution is -2.34. The molecule has 0 heterocycles. The molecule has 1 aromatic rings. The first kappa shape index (κ1) is 16.6. The number of aliphatic hydroxyl groups is 1. The zero-order valence-electron chi connectivity index (χ0n) is 11.6. The van der Waals surface area contributed by atoms with E-state index in [1.807, 2.05) is 20.8 Å². The summed E-state index contributed by atoms with van der Waals surface area (Å²) in [5.41, 5.74) is 1.39. The maximum Gasteiger partial charge on any atom is 0.244 e. The molecule has 1 rings (SSSR count). The normalized spacial score (nSPS) is 13.8. The third-order valence-corrected chi connectivity index (χ3v) is 6.64. The minimum Gasteiger partial charge on any atom is -0.392 e. The Morgan fingerprint density at radius 1 is 1.42 bits per heavy atom. The summed E-state index contributed by atoms with van der Waals surface area (Å²) in [6.07, 6.45) is 0.742. The molecule has 0 aliphatic rings. The van der Waals surface area contributed by atoms with Gasteiger partial charge in [0.25, 0.3) is 0 Å². The molecule has 6 heteroatoms. The molecule has 1 N–H and O–H groups in total. The van der Waals surface area contributed by atoms with Crippen LogP contribution in [0.1, 0.15) is 31.4 Å². The molecule has 19 heavy (non-hydrogen) atoms. The number of benzene rings is 1. The molecule has 0 aliphatic heterocycles. The van der Waals surface area contributed by atoms with Crippen molar-refractivity contribution in [3.05, 3.63) is 27.7 Å². The Kier molecular flexibility index (Phi) is 5.55. The van der Waals surface area contributed by atoms with Gasteiger partial charge in [0.15, 0.2) is 0 Å². The van der Waals surface area contributed by atoms with Gasteiger partial charge in [-0.2, -0.15) is 4.31 Å². The predicted molar refractivity (Wildman–Crippen MR) is 79.5 cm³/mol. The van der Waals surface area contributed by atoms with Crippen LogP contribution < -0.4 is 0 Å². The van der Waals surface area contributed by atoms with Crippen molar-refractivity contribution in [2.24, 2.45) is 0 Å². The fraction of sp³-hybridized carbons (Fsp3) is 0.538. The van der Waals surface area contributed by atoms with Gasteiger partial charge < -0.3 is 5.11 Å². The van der Waals surface area contributed by atoms with Gasteiger partial charge in [0.05, 0.1) is 11.5 Å². The number of hydrogen-bond donors (Lipinski definition) is 1. The minimum absolute atomic E-state index is 0.0741. The monoisotopic (exact) mass is 349 g/mol. The van der Waals surface area contributed by atoms with E-state index in [2.05, 4.69) is 15.9 Å². The second kappa shape index (κ2) is 6.35. The van der Waals surface area contributed by atoms with Crippen LogP contribution in [0.25, 0.3) is 0 Å². The van der Waals surface area contributed by atoms with Gasteiger partial charge in [0.1, 0.15) is 0 Å². The Morgan fingerprint density at radius 3 is 2.47 bits per heavy atom. The molecule has 0 fully saturated rings. The molecule has 0 saturated heterocycles. The van der Waals surface area contributed by atoms with E-state index in [1.165, 1.54) is 10.4 Å². The van der Waals surface area contributed by atoms with Crippen LogP contribution in [0, 0.1) is 6.92 Å². The largest absolute Gasteiger partial charge is 0.392 e. The molecule has 1 unspecified atom stereocenters. The van der Waals surface area contributed by atoms with E-state index in [0.29, 0.717) is 10.0 Å². The molecular weight excluding hydrogens is 330 g/mol. The highest BCUT2D eigenvalue weighted by atomic mass is 79.9. The SMILES string of the molecule is CCC(C)N(C)S(=O)(=O)c1cc(CO)cc(C)c1Br. The molecule has 0 amide bonds. The summed E-state index contributed by atoms with van der Waals surface area (Å²) in [6.45, 7) is 5.45. The standard InChI is InChI=1S/C13H20BrNO3S/c1-5-10(3)15(4)19(17,18)12-7-11(8-16)6-9(2)13(12)14/h6-7,10,16H,5,8H2,1-4H3. The number of aryl methyl sites for hydroxylation is 1. The first-order valence-electron chi connectivity index (χ1n) is 6.13. The third kappa shape index (κ3) is 3.37. The van der Waals surface area contributed by atoms with Crippen molar-refractivity contribution in [2.75, 3.05) is 7.05 Å². The first-order chi connectivity index (χ1) is 8.75. The van der Waals surface area contributed by atoms with Crippen LogP contribution >= 0.6 is 15.9 Å². The average molecular weight is 350 g/mol. The van der Waals surface area contributed by atoms with Gasteiger partial charge in [0.2, 0.25) is 10.0 Å². The zero-order chi connectivity index (χ0) is 14.8. The van der Waals surface area contributed by atoms with Crippen LogP contribution in [0.2, 0.25) is 0 Å². The molecule has 0 radical (unpaired) electrons. The second-order valence-corrected chi connectivity index (χ2v) is 7.42. The fourth-order valence-electron chi connectivity index (χ4n) is 1.74. The van der Waals surface area contributed by atoms with Gasteiger partial charge in [-0.3, -0.25) is 0 Å². The summed E-state index contributed by atoms with van der Waals surface area (Å²) in [5.74, 6) is 0. The van der Waals surface area contributed by atoms with E-state index in [1.54, 1.807) is 13.1 Å². The van der Waals surface area contributed by atoms with Crippen molar-refractivity contribution >= 4 is 26.0 Å². The van der Waals surface area contributed by atoms with Crippen LogP contribution in [0.4, 0.5) is 0 Å². The summed E-state index contributed by atoms with van der Waals surface area (Å²) in [6, 6.07) is 3.22. The van der Waals surface area contributed by atoms with Crippen LogP contribution in [-0.4, -0.2) is 30.9 Å². The molecule has 0 aromatic heterocycles. The molecule has 1 atom stereocenters. The third-order valence-electron chi connectivity index (χ3n) is 3.33. The van der Waals surface area contributed by atoms with Crippen LogP contribution in [0.5, 0.6) is 0 Å². The average Bonchev–Trinajstić information content (AvgIpc) is 2.39. The van der Waals surface area contributed by atoms with Gasteiger partial charge in [-0.1, -0.05) is 13.0 Å². The molecule has 0 spiro atoms. The van der Waals surface area contributed by atoms with Gasteiger partial charge >= 0.3 is 0 Å². The molecule has 0 aliphatic carbocycles. The van der Waals surface area contributed by atoms with Crippen molar-refractivity contribution in [3.63, 3.8) is 0 Å². The van der Waals surface area contributed by atoms with Crippen LogP contribution in [0.15, 0.2) is 21.5 Å². The summed E-state index contributed by atoms with van der Waals surface area (Å²) >= 11 is 3.33. The van der Waals surface area contributed by atoms with Crippen molar-refractivity contribution in [3.8, 4) is 0 Å². The highest BCUT2D eigenvalue weighted by molar-refractivity contribution is 9.10. The van der Waals surface area contributed by atoms with Gasteiger partial charge in [-0.15, -0.1) is 0 Å². The molecule has 0 bridgehead atoms. The summed E-state index contributed by atoms with van der Waals surface area (Å²) in [7, 11) is -1.98. The number of nitrogens with zero attached hydrogens (tertiary/aromatic N) is 1. The fourth-order valence-corrected chi connectivity index (χ4v) is 4.20. The highest BCUT2D eigenvalue weighted by Gasteiger charge is 2.27. The van der Waals surface area contributed by atoms with Crippen molar-refractivity contribution in [1.29, 1.82) is 0 Å². The van der Waals surface area contributed by atoms with Gasteiger partial charge in [0, 0.05) is 17.6 Å². The molecule has 0 saturated carbocycles. The minimum atomic E-state index is -3.56. The number of sulfonamides is 1. The zero-order valence-corrected chi connectivity index (χ0v) is 14.0. The Bertz CT molecular complexity index is 557. The maximum atomic E-state index is 12.6. The lowest BCUT2D eigenvalue weighted by atomic mass is 10.1. The van der Waals surface area contributed by atoms with E-state index in [4.69, 9.17) is 0 Å². The quantitative estimate of drug-likeness (QED) is 0.888. The first-order valence-corrected chi connectivity index (χ1v) is 8.36. The summed E-state index contributed by atoms with van der Waals surface area (Å²) < 4.78 is 27.1. The van der Waals surface area contributed by atoms with Crippen molar-refractivity contribution in [1.82, 2.24) is 4.31 Å². The molecule has 108 valence electrons. The molecular formula is C13H20BrNO3S. The lowest BCUT2D eigenvalue weighted by Gasteiger charge is -2.24. The molecule has 4 nitrogen and oxygen atoms in total. The Labute approximate surface area is 123 Å². The Balaban J connectivity index is 3.40. The smallest absolute Gasteiger partial charge is 0.244 e. The summed E-state index contributed by atoms with van der Waals surface area (Å²) in [4.78, 5) is 0.208. The van der Waals surface area contributed by atoms with E-state index in [-0.39, 0.29) is 17.5 Å². The van der Waals surface area contributed by atoms with E-state index < -0.39 is 10.0 Å². The van der Waals surface area contributed by atoms with E-state index in [0.717, 1.165) is 12.0 Å². The molecule has 1 aromatic carbocycles. The van der Waals surface area contributed by atoms with Gasteiger partial charge in [-0.05, 0) is 53.4 Å². The maximum absolute atomic E-state index is 12.6. The Morgan fingerprint density at radius 2 is 2.00 bits per heavy atom.